The first kappa shape index (κ1) is 18.1. The first-order valence-electron chi connectivity index (χ1n) is 9.37. The predicted octanol–water partition coefficient (Wildman–Crippen LogP) is 2.99. The lowest BCUT2D eigenvalue weighted by Crippen LogP contribution is -2.41. The highest BCUT2D eigenvalue weighted by Gasteiger charge is 2.22. The Hall–Kier alpha value is -3.28. The van der Waals surface area contributed by atoms with Crippen LogP contribution in [0.1, 0.15) is 17.0 Å². The number of nitrogens with zero attached hydrogens (tertiary/aromatic N) is 2. The van der Waals surface area contributed by atoms with Crippen molar-refractivity contribution >= 4 is 5.91 Å². The number of para-hydroxylation sites is 3. The fourth-order valence-electron chi connectivity index (χ4n) is 3.37. The molecular weight excluding hydrogens is 354 g/mol. The van der Waals surface area contributed by atoms with Crippen LogP contribution in [-0.2, 0) is 11.2 Å². The molecular formula is C22H23N3O3. The summed E-state index contributed by atoms with van der Waals surface area (Å²) >= 11 is 0. The van der Waals surface area contributed by atoms with Crippen LogP contribution in [0.25, 0.3) is 5.69 Å². The standard InChI is InChI=1S/C22H23N3O3/c1-15-19(16(2)25(24-15)17-8-4-3-5-9-17)12-22(26)23-13-18-14-27-20-10-6-7-11-21(20)28-18/h3-11,18H,12-14H2,1-2H3,(H,23,26)/t18-/m1/s1. The summed E-state index contributed by atoms with van der Waals surface area (Å²) in [5.41, 5.74) is 3.78. The highest BCUT2D eigenvalue weighted by Crippen LogP contribution is 2.30. The lowest BCUT2D eigenvalue weighted by atomic mass is 10.1. The third-order valence-electron chi connectivity index (χ3n) is 4.87. The number of aryl methyl sites for hydroxylation is 1. The summed E-state index contributed by atoms with van der Waals surface area (Å²) in [5, 5.41) is 7.55. The lowest BCUT2D eigenvalue weighted by Gasteiger charge is -2.26. The predicted molar refractivity (Wildman–Crippen MR) is 106 cm³/mol. The lowest BCUT2D eigenvalue weighted by molar-refractivity contribution is -0.121. The van der Waals surface area contributed by atoms with Gasteiger partial charge in [-0.25, -0.2) is 4.68 Å². The average molecular weight is 377 g/mol. The summed E-state index contributed by atoms with van der Waals surface area (Å²) < 4.78 is 13.5. The molecule has 0 spiro atoms. The number of hydrogen-bond donors (Lipinski definition) is 1. The van der Waals surface area contributed by atoms with Crippen LogP contribution >= 0.6 is 0 Å². The Morgan fingerprint density at radius 2 is 1.82 bits per heavy atom. The van der Waals surface area contributed by atoms with Crippen molar-refractivity contribution < 1.29 is 14.3 Å². The van der Waals surface area contributed by atoms with Crippen molar-refractivity contribution in [2.45, 2.75) is 26.4 Å². The molecule has 1 aliphatic heterocycles. The van der Waals surface area contributed by atoms with Crippen LogP contribution in [0.3, 0.4) is 0 Å². The second-order valence-electron chi connectivity index (χ2n) is 6.88. The first-order chi connectivity index (χ1) is 13.6. The van der Waals surface area contributed by atoms with Gasteiger partial charge >= 0.3 is 0 Å². The maximum atomic E-state index is 12.5. The van der Waals surface area contributed by atoms with Gasteiger partial charge in [0.1, 0.15) is 12.7 Å². The van der Waals surface area contributed by atoms with Crippen molar-refractivity contribution in [2.24, 2.45) is 0 Å². The summed E-state index contributed by atoms with van der Waals surface area (Å²) in [6, 6.07) is 17.5. The van der Waals surface area contributed by atoms with Crippen LogP contribution in [0, 0.1) is 13.8 Å². The highest BCUT2D eigenvalue weighted by molar-refractivity contribution is 5.79. The van der Waals surface area contributed by atoms with Gasteiger partial charge in [-0.15, -0.1) is 0 Å². The second-order valence-corrected chi connectivity index (χ2v) is 6.88. The molecule has 0 aliphatic carbocycles. The Morgan fingerprint density at radius 1 is 1.11 bits per heavy atom. The van der Waals surface area contributed by atoms with Gasteiger partial charge in [0.25, 0.3) is 0 Å². The van der Waals surface area contributed by atoms with Gasteiger partial charge in [-0.3, -0.25) is 4.79 Å². The van der Waals surface area contributed by atoms with Crippen LogP contribution < -0.4 is 14.8 Å². The minimum absolute atomic E-state index is 0.0544. The molecule has 1 N–H and O–H groups in total. The van der Waals surface area contributed by atoms with E-state index in [9.17, 15) is 4.79 Å². The van der Waals surface area contributed by atoms with Crippen molar-refractivity contribution in [3.8, 4) is 17.2 Å². The smallest absolute Gasteiger partial charge is 0.224 e. The topological polar surface area (TPSA) is 65.4 Å². The maximum absolute atomic E-state index is 12.5. The quantitative estimate of drug-likeness (QED) is 0.742. The normalized spacial score (nSPS) is 15.3. The summed E-state index contributed by atoms with van der Waals surface area (Å²) in [7, 11) is 0. The van der Waals surface area contributed by atoms with Crippen LogP contribution in [0.5, 0.6) is 11.5 Å². The zero-order valence-corrected chi connectivity index (χ0v) is 16.0. The average Bonchev–Trinajstić information content (AvgIpc) is 3.01. The summed E-state index contributed by atoms with van der Waals surface area (Å²) in [6.07, 6.45) is 0.0855. The molecule has 1 aromatic heterocycles. The molecule has 4 rings (SSSR count). The Labute approximate surface area is 164 Å². The van der Waals surface area contributed by atoms with Gasteiger partial charge in [-0.2, -0.15) is 5.10 Å². The van der Waals surface area contributed by atoms with Crippen molar-refractivity contribution in [3.63, 3.8) is 0 Å². The van der Waals surface area contributed by atoms with Crippen molar-refractivity contribution in [1.29, 1.82) is 0 Å². The van der Waals surface area contributed by atoms with E-state index in [4.69, 9.17) is 9.47 Å². The van der Waals surface area contributed by atoms with Gasteiger partial charge in [0, 0.05) is 11.3 Å². The van der Waals surface area contributed by atoms with Crippen molar-refractivity contribution in [1.82, 2.24) is 15.1 Å². The number of ether oxygens (including phenoxy) is 2. The van der Waals surface area contributed by atoms with E-state index in [1.54, 1.807) is 0 Å². The number of carbonyl (C=O) groups is 1. The molecule has 6 nitrogen and oxygen atoms in total. The molecule has 1 aliphatic rings. The minimum atomic E-state index is -0.201. The van der Waals surface area contributed by atoms with Crippen LogP contribution in [0.4, 0.5) is 0 Å². The number of amides is 1. The van der Waals surface area contributed by atoms with Gasteiger partial charge < -0.3 is 14.8 Å². The molecule has 0 bridgehead atoms. The van der Waals surface area contributed by atoms with Gasteiger partial charge in [0.05, 0.1) is 24.3 Å². The zero-order chi connectivity index (χ0) is 19.5. The Kier molecular flexibility index (Phi) is 5.02. The van der Waals surface area contributed by atoms with Gasteiger partial charge in [0.15, 0.2) is 11.5 Å². The largest absolute Gasteiger partial charge is 0.486 e. The van der Waals surface area contributed by atoms with Crippen LogP contribution in [0.2, 0.25) is 0 Å². The van der Waals surface area contributed by atoms with E-state index in [1.165, 1.54) is 0 Å². The van der Waals surface area contributed by atoms with Gasteiger partial charge in [-0.1, -0.05) is 30.3 Å². The molecule has 28 heavy (non-hydrogen) atoms. The number of benzene rings is 2. The molecule has 1 atom stereocenters. The minimum Gasteiger partial charge on any atom is -0.486 e. The molecule has 2 aromatic carbocycles. The summed E-state index contributed by atoms with van der Waals surface area (Å²) in [6.45, 7) is 4.74. The molecule has 0 radical (unpaired) electrons. The Morgan fingerprint density at radius 3 is 2.61 bits per heavy atom. The Bertz CT molecular complexity index is 982. The monoisotopic (exact) mass is 377 g/mol. The first-order valence-corrected chi connectivity index (χ1v) is 9.37. The molecule has 0 unspecified atom stereocenters. The Balaban J connectivity index is 1.38. The van der Waals surface area contributed by atoms with E-state index in [-0.39, 0.29) is 18.4 Å². The van der Waals surface area contributed by atoms with E-state index in [1.807, 2.05) is 73.1 Å². The summed E-state index contributed by atoms with van der Waals surface area (Å²) in [5.74, 6) is 1.40. The number of hydrogen-bond acceptors (Lipinski definition) is 4. The number of carbonyl (C=O) groups excluding carboxylic acids is 1. The van der Waals surface area contributed by atoms with Crippen LogP contribution in [0.15, 0.2) is 54.6 Å². The highest BCUT2D eigenvalue weighted by atomic mass is 16.6. The van der Waals surface area contributed by atoms with Gasteiger partial charge in [-0.05, 0) is 38.1 Å². The summed E-state index contributed by atoms with van der Waals surface area (Å²) in [4.78, 5) is 12.5. The molecule has 2 heterocycles. The molecule has 6 heteroatoms. The van der Waals surface area contributed by atoms with Crippen molar-refractivity contribution in [2.75, 3.05) is 13.2 Å². The SMILES string of the molecule is Cc1nn(-c2ccccc2)c(C)c1CC(=O)NC[C@@H]1COc2ccccc2O1. The van der Waals surface area contributed by atoms with E-state index >= 15 is 0 Å². The molecule has 0 saturated heterocycles. The fraction of sp³-hybridized carbons (Fsp3) is 0.273. The van der Waals surface area contributed by atoms with Crippen molar-refractivity contribution in [3.05, 3.63) is 71.5 Å². The molecule has 0 fully saturated rings. The number of fused-ring (bicyclic) bond motifs is 1. The molecule has 1 amide bonds. The number of rotatable bonds is 5. The van der Waals surface area contributed by atoms with Crippen LogP contribution in [-0.4, -0.2) is 34.9 Å². The number of nitrogens with one attached hydrogen (secondary N) is 1. The van der Waals surface area contributed by atoms with E-state index in [2.05, 4.69) is 10.4 Å². The second kappa shape index (κ2) is 7.76. The number of aromatic nitrogens is 2. The van der Waals surface area contributed by atoms with E-state index < -0.39 is 0 Å². The molecule has 0 saturated carbocycles. The fourth-order valence-corrected chi connectivity index (χ4v) is 3.37. The molecule has 3 aromatic rings. The van der Waals surface area contributed by atoms with E-state index in [0.29, 0.717) is 18.9 Å². The van der Waals surface area contributed by atoms with Gasteiger partial charge in [0.2, 0.25) is 5.91 Å². The molecule has 144 valence electrons. The van der Waals surface area contributed by atoms with E-state index in [0.717, 1.165) is 28.4 Å². The third kappa shape index (κ3) is 3.71. The maximum Gasteiger partial charge on any atom is 0.224 e. The third-order valence-corrected chi connectivity index (χ3v) is 4.87. The zero-order valence-electron chi connectivity index (χ0n) is 16.0.